The van der Waals surface area contributed by atoms with Gasteiger partial charge in [-0.25, -0.2) is 4.98 Å². The van der Waals surface area contributed by atoms with Crippen molar-refractivity contribution in [3.05, 3.63) is 58.3 Å². The molecule has 0 radical (unpaired) electrons. The lowest BCUT2D eigenvalue weighted by Crippen LogP contribution is -2.38. The number of aliphatic hydroxyl groups is 1. The van der Waals surface area contributed by atoms with E-state index in [0.717, 1.165) is 24.3 Å². The maximum absolute atomic E-state index is 9.93. The summed E-state index contributed by atoms with van der Waals surface area (Å²) >= 11 is 12.0. The number of rotatable bonds is 4. The van der Waals surface area contributed by atoms with E-state index in [0.29, 0.717) is 22.7 Å². The predicted octanol–water partition coefficient (Wildman–Crippen LogP) is 3.17. The SMILES string of the molecule is OCC(c1ccccc1)N1OCC2CN(c3cnc(Cl)c(Cl)c3)CC21. The highest BCUT2D eigenvalue weighted by Gasteiger charge is 2.45. The quantitative estimate of drug-likeness (QED) is 0.826. The molecule has 0 spiro atoms. The number of anilines is 1. The summed E-state index contributed by atoms with van der Waals surface area (Å²) in [6, 6.07) is 11.9. The standard InChI is InChI=1S/C18H19Cl2N3O2/c19-15-6-14(7-21-18(15)20)22-8-13-11-25-23(16(13)9-22)17(10-24)12-4-2-1-3-5-12/h1-7,13,16-17,24H,8-11H2. The van der Waals surface area contributed by atoms with Crippen LogP contribution >= 0.6 is 23.2 Å². The molecule has 2 aromatic rings. The zero-order valence-electron chi connectivity index (χ0n) is 13.6. The molecule has 132 valence electrons. The first kappa shape index (κ1) is 17.1. The number of hydrogen-bond donors (Lipinski definition) is 1. The molecule has 0 aliphatic carbocycles. The van der Waals surface area contributed by atoms with Gasteiger partial charge in [-0.1, -0.05) is 53.5 Å². The average molecular weight is 380 g/mol. The number of hydroxylamine groups is 2. The Labute approximate surface area is 156 Å². The Morgan fingerprint density at radius 1 is 1.24 bits per heavy atom. The number of aliphatic hydroxyl groups excluding tert-OH is 1. The van der Waals surface area contributed by atoms with Gasteiger partial charge in [-0.3, -0.25) is 4.84 Å². The molecule has 1 aromatic carbocycles. The van der Waals surface area contributed by atoms with E-state index in [2.05, 4.69) is 9.88 Å². The van der Waals surface area contributed by atoms with E-state index < -0.39 is 0 Å². The molecule has 3 heterocycles. The maximum Gasteiger partial charge on any atom is 0.147 e. The minimum atomic E-state index is -0.164. The molecule has 4 rings (SSSR count). The number of nitrogens with zero attached hydrogens (tertiary/aromatic N) is 3. The molecular weight excluding hydrogens is 361 g/mol. The van der Waals surface area contributed by atoms with E-state index in [1.54, 1.807) is 6.20 Å². The Morgan fingerprint density at radius 3 is 2.76 bits per heavy atom. The lowest BCUT2D eigenvalue weighted by atomic mass is 10.0. The van der Waals surface area contributed by atoms with Crippen LogP contribution in [0.1, 0.15) is 11.6 Å². The van der Waals surface area contributed by atoms with Gasteiger partial charge in [0.1, 0.15) is 5.15 Å². The topological polar surface area (TPSA) is 48.8 Å². The van der Waals surface area contributed by atoms with Gasteiger partial charge in [0.05, 0.1) is 42.2 Å². The summed E-state index contributed by atoms with van der Waals surface area (Å²) < 4.78 is 0. The third-order valence-corrected chi connectivity index (χ3v) is 5.67. The van der Waals surface area contributed by atoms with Crippen molar-refractivity contribution < 1.29 is 9.94 Å². The summed E-state index contributed by atoms with van der Waals surface area (Å²) in [5.74, 6) is 0.382. The van der Waals surface area contributed by atoms with E-state index in [9.17, 15) is 5.11 Å². The summed E-state index contributed by atoms with van der Waals surface area (Å²) in [5.41, 5.74) is 2.02. The molecule has 0 amide bonds. The zero-order chi connectivity index (χ0) is 17.4. The van der Waals surface area contributed by atoms with Gasteiger partial charge in [0, 0.05) is 19.0 Å². The summed E-state index contributed by atoms with van der Waals surface area (Å²) in [7, 11) is 0. The van der Waals surface area contributed by atoms with Crippen molar-refractivity contribution in [3.8, 4) is 0 Å². The highest BCUT2D eigenvalue weighted by atomic mass is 35.5. The number of halogens is 2. The van der Waals surface area contributed by atoms with Gasteiger partial charge in [-0.05, 0) is 11.6 Å². The van der Waals surface area contributed by atoms with Crippen molar-refractivity contribution in [2.45, 2.75) is 12.1 Å². The fourth-order valence-corrected chi connectivity index (χ4v) is 3.97. The molecule has 1 aromatic heterocycles. The smallest absolute Gasteiger partial charge is 0.147 e. The number of fused-ring (bicyclic) bond motifs is 1. The van der Waals surface area contributed by atoms with Crippen LogP contribution in [-0.2, 0) is 4.84 Å². The van der Waals surface area contributed by atoms with Gasteiger partial charge in [0.25, 0.3) is 0 Å². The Morgan fingerprint density at radius 2 is 2.04 bits per heavy atom. The first-order valence-electron chi connectivity index (χ1n) is 8.30. The van der Waals surface area contributed by atoms with Gasteiger partial charge in [-0.2, -0.15) is 5.06 Å². The van der Waals surface area contributed by atoms with E-state index >= 15 is 0 Å². The van der Waals surface area contributed by atoms with Crippen molar-refractivity contribution in [2.75, 3.05) is 31.2 Å². The second-order valence-electron chi connectivity index (χ2n) is 6.46. The molecule has 3 atom stereocenters. The molecule has 7 heteroatoms. The number of benzene rings is 1. The van der Waals surface area contributed by atoms with E-state index in [4.69, 9.17) is 28.0 Å². The predicted molar refractivity (Wildman–Crippen MR) is 97.8 cm³/mol. The second kappa shape index (κ2) is 7.09. The Hall–Kier alpha value is -1.37. The highest BCUT2D eigenvalue weighted by Crippen LogP contribution is 2.37. The van der Waals surface area contributed by atoms with Crippen LogP contribution in [0.3, 0.4) is 0 Å². The highest BCUT2D eigenvalue weighted by molar-refractivity contribution is 6.41. The van der Waals surface area contributed by atoms with Crippen LogP contribution < -0.4 is 4.90 Å². The van der Waals surface area contributed by atoms with Crippen LogP contribution in [0.5, 0.6) is 0 Å². The fourth-order valence-electron chi connectivity index (χ4n) is 3.71. The van der Waals surface area contributed by atoms with Crippen LogP contribution in [-0.4, -0.2) is 47.5 Å². The summed E-state index contributed by atoms with van der Waals surface area (Å²) in [6.07, 6.45) is 1.75. The van der Waals surface area contributed by atoms with Crippen LogP contribution in [0.2, 0.25) is 10.2 Å². The van der Waals surface area contributed by atoms with Gasteiger partial charge in [0.15, 0.2) is 0 Å². The van der Waals surface area contributed by atoms with Gasteiger partial charge >= 0.3 is 0 Å². The molecule has 2 aliphatic heterocycles. The normalized spacial score (nSPS) is 24.5. The summed E-state index contributed by atoms with van der Waals surface area (Å²) in [6.45, 7) is 2.34. The average Bonchev–Trinajstić information content (AvgIpc) is 3.21. The van der Waals surface area contributed by atoms with Crippen molar-refractivity contribution in [2.24, 2.45) is 5.92 Å². The second-order valence-corrected chi connectivity index (χ2v) is 7.23. The first-order chi connectivity index (χ1) is 12.2. The lowest BCUT2D eigenvalue weighted by molar-refractivity contribution is -0.171. The van der Waals surface area contributed by atoms with Crippen LogP contribution in [0, 0.1) is 5.92 Å². The number of aromatic nitrogens is 1. The fraction of sp³-hybridized carbons (Fsp3) is 0.389. The molecule has 2 saturated heterocycles. The molecule has 2 fully saturated rings. The van der Waals surface area contributed by atoms with Gasteiger partial charge in [0.2, 0.25) is 0 Å². The van der Waals surface area contributed by atoms with Crippen molar-refractivity contribution >= 4 is 28.9 Å². The van der Waals surface area contributed by atoms with E-state index in [1.807, 2.05) is 41.5 Å². The molecule has 0 bridgehead atoms. The molecule has 5 nitrogen and oxygen atoms in total. The van der Waals surface area contributed by atoms with Crippen LogP contribution in [0.15, 0.2) is 42.6 Å². The number of hydrogen-bond acceptors (Lipinski definition) is 5. The van der Waals surface area contributed by atoms with Crippen LogP contribution in [0.4, 0.5) is 5.69 Å². The Balaban J connectivity index is 1.54. The van der Waals surface area contributed by atoms with E-state index in [-0.39, 0.29) is 18.7 Å². The molecular formula is C18H19Cl2N3O2. The van der Waals surface area contributed by atoms with Crippen molar-refractivity contribution in [3.63, 3.8) is 0 Å². The Bertz CT molecular complexity index is 746. The molecule has 25 heavy (non-hydrogen) atoms. The summed E-state index contributed by atoms with van der Waals surface area (Å²) in [4.78, 5) is 12.3. The number of pyridine rings is 1. The van der Waals surface area contributed by atoms with Crippen LogP contribution in [0.25, 0.3) is 0 Å². The molecule has 2 aliphatic rings. The summed E-state index contributed by atoms with van der Waals surface area (Å²) in [5, 5.41) is 12.7. The Kier molecular flexibility index (Phi) is 4.84. The third-order valence-electron chi connectivity index (χ3n) is 4.98. The molecule has 0 saturated carbocycles. The minimum Gasteiger partial charge on any atom is -0.394 e. The first-order valence-corrected chi connectivity index (χ1v) is 9.06. The molecule has 1 N–H and O–H groups in total. The van der Waals surface area contributed by atoms with Crippen molar-refractivity contribution in [1.82, 2.24) is 10.0 Å². The maximum atomic E-state index is 9.93. The zero-order valence-corrected chi connectivity index (χ0v) is 15.1. The van der Waals surface area contributed by atoms with Gasteiger partial charge in [-0.15, -0.1) is 0 Å². The minimum absolute atomic E-state index is 0.0154. The van der Waals surface area contributed by atoms with Gasteiger partial charge < -0.3 is 10.0 Å². The van der Waals surface area contributed by atoms with E-state index in [1.165, 1.54) is 0 Å². The molecule has 3 unspecified atom stereocenters. The third kappa shape index (κ3) is 3.23. The monoisotopic (exact) mass is 379 g/mol. The largest absolute Gasteiger partial charge is 0.394 e. The van der Waals surface area contributed by atoms with Crippen molar-refractivity contribution in [1.29, 1.82) is 0 Å². The lowest BCUT2D eigenvalue weighted by Gasteiger charge is -2.30.